The average Bonchev–Trinajstić information content (AvgIpc) is 3.33. The Kier molecular flexibility index (Phi) is 5.78. The van der Waals surface area contributed by atoms with E-state index < -0.39 is 0 Å². The first kappa shape index (κ1) is 15.6. The summed E-state index contributed by atoms with van der Waals surface area (Å²) in [5.74, 6) is 4.87. The van der Waals surface area contributed by atoms with Crippen LogP contribution in [0.1, 0.15) is 37.8 Å². The lowest BCUT2D eigenvalue weighted by atomic mass is 10.0. The topological polar surface area (TPSA) is 21.3 Å². The van der Waals surface area contributed by atoms with E-state index in [0.717, 1.165) is 12.3 Å². The second-order valence-corrected chi connectivity index (χ2v) is 8.30. The summed E-state index contributed by atoms with van der Waals surface area (Å²) in [5.41, 5.74) is 1.39. The highest BCUT2D eigenvalue weighted by Crippen LogP contribution is 2.35. The van der Waals surface area contributed by atoms with Crippen molar-refractivity contribution >= 4 is 23.5 Å². The molecule has 0 radical (unpaired) electrons. The molecule has 2 atom stereocenters. The van der Waals surface area contributed by atoms with Crippen LogP contribution in [0.2, 0.25) is 0 Å². The second-order valence-electron chi connectivity index (χ2n) is 5.81. The molecule has 0 spiro atoms. The van der Waals surface area contributed by atoms with Gasteiger partial charge in [0.1, 0.15) is 5.75 Å². The van der Waals surface area contributed by atoms with Gasteiger partial charge in [-0.25, -0.2) is 0 Å². The summed E-state index contributed by atoms with van der Waals surface area (Å²) in [6.07, 6.45) is 4.09. The van der Waals surface area contributed by atoms with Crippen molar-refractivity contribution in [2.75, 3.05) is 23.8 Å². The lowest BCUT2D eigenvalue weighted by molar-refractivity contribution is 0.302. The molecule has 1 N–H and O–H groups in total. The summed E-state index contributed by atoms with van der Waals surface area (Å²) in [6, 6.07) is 9.21. The summed E-state index contributed by atoms with van der Waals surface area (Å²) in [5, 5.41) is 4.43. The Morgan fingerprint density at radius 2 is 2.24 bits per heavy atom. The Morgan fingerprint density at radius 1 is 1.33 bits per heavy atom. The zero-order chi connectivity index (χ0) is 14.5. The Morgan fingerprint density at radius 3 is 2.95 bits per heavy atom. The standard InChI is InChI=1S/C17H25NOS2/c1-2-8-18-17(16-12-20-9-10-21-16)13-4-3-5-15(11-13)19-14-6-7-14/h3-5,11,14,16-18H,2,6-10,12H2,1H3. The molecule has 4 heteroatoms. The van der Waals surface area contributed by atoms with Gasteiger partial charge in [0, 0.05) is 28.6 Å². The number of nitrogens with one attached hydrogen (secondary N) is 1. The molecule has 1 aromatic carbocycles. The SMILES string of the molecule is CCCNC(c1cccc(OC2CC2)c1)C1CSCCS1. The summed E-state index contributed by atoms with van der Waals surface area (Å²) in [4.78, 5) is 0. The smallest absolute Gasteiger partial charge is 0.120 e. The minimum absolute atomic E-state index is 0.450. The van der Waals surface area contributed by atoms with Crippen LogP contribution in [0.15, 0.2) is 24.3 Å². The maximum Gasteiger partial charge on any atom is 0.120 e. The van der Waals surface area contributed by atoms with E-state index >= 15 is 0 Å². The Balaban J connectivity index is 1.73. The van der Waals surface area contributed by atoms with Crippen molar-refractivity contribution in [1.29, 1.82) is 0 Å². The molecule has 116 valence electrons. The molecule has 1 heterocycles. The zero-order valence-electron chi connectivity index (χ0n) is 12.7. The van der Waals surface area contributed by atoms with Crippen LogP contribution in [0, 0.1) is 0 Å². The van der Waals surface area contributed by atoms with Gasteiger partial charge in [0.2, 0.25) is 0 Å². The number of rotatable bonds is 7. The Labute approximate surface area is 136 Å². The van der Waals surface area contributed by atoms with Crippen molar-refractivity contribution in [2.24, 2.45) is 0 Å². The van der Waals surface area contributed by atoms with Crippen molar-refractivity contribution in [2.45, 2.75) is 43.6 Å². The first-order chi connectivity index (χ1) is 10.4. The number of benzene rings is 1. The van der Waals surface area contributed by atoms with E-state index in [1.165, 1.54) is 42.1 Å². The van der Waals surface area contributed by atoms with Gasteiger partial charge in [0.25, 0.3) is 0 Å². The highest BCUT2D eigenvalue weighted by Gasteiger charge is 2.27. The summed E-state index contributed by atoms with van der Waals surface area (Å²) in [7, 11) is 0. The zero-order valence-corrected chi connectivity index (χ0v) is 14.3. The molecule has 0 aromatic heterocycles. The fraction of sp³-hybridized carbons (Fsp3) is 0.647. The van der Waals surface area contributed by atoms with Gasteiger partial charge in [-0.3, -0.25) is 0 Å². The van der Waals surface area contributed by atoms with E-state index in [2.05, 4.69) is 60.0 Å². The van der Waals surface area contributed by atoms with Crippen LogP contribution in [0.5, 0.6) is 5.75 Å². The molecular weight excluding hydrogens is 298 g/mol. The van der Waals surface area contributed by atoms with Crippen molar-refractivity contribution < 1.29 is 4.74 Å². The minimum Gasteiger partial charge on any atom is -0.490 e. The third-order valence-electron chi connectivity index (χ3n) is 3.87. The maximum absolute atomic E-state index is 5.97. The van der Waals surface area contributed by atoms with Crippen molar-refractivity contribution in [3.63, 3.8) is 0 Å². The van der Waals surface area contributed by atoms with Gasteiger partial charge in [-0.15, -0.1) is 0 Å². The predicted octanol–water partition coefficient (Wildman–Crippen LogP) is 4.12. The molecule has 3 rings (SSSR count). The first-order valence-corrected chi connectivity index (χ1v) is 10.3. The van der Waals surface area contributed by atoms with Gasteiger partial charge >= 0.3 is 0 Å². The largest absolute Gasteiger partial charge is 0.490 e. The fourth-order valence-electron chi connectivity index (χ4n) is 2.62. The third kappa shape index (κ3) is 4.57. The van der Waals surface area contributed by atoms with Gasteiger partial charge in [0.15, 0.2) is 0 Å². The van der Waals surface area contributed by atoms with E-state index in [1.807, 2.05) is 0 Å². The van der Waals surface area contributed by atoms with Gasteiger partial charge in [-0.1, -0.05) is 19.1 Å². The van der Waals surface area contributed by atoms with E-state index in [-0.39, 0.29) is 0 Å². The molecule has 1 aliphatic heterocycles. The normalized spacial score (nSPS) is 23.8. The van der Waals surface area contributed by atoms with Gasteiger partial charge in [-0.2, -0.15) is 23.5 Å². The van der Waals surface area contributed by atoms with Gasteiger partial charge in [-0.05, 0) is 43.5 Å². The molecule has 0 bridgehead atoms. The molecule has 0 amide bonds. The summed E-state index contributed by atoms with van der Waals surface area (Å²) in [6.45, 7) is 3.32. The highest BCUT2D eigenvalue weighted by molar-refractivity contribution is 8.06. The molecule has 1 aromatic rings. The molecule has 1 saturated carbocycles. The van der Waals surface area contributed by atoms with Gasteiger partial charge in [0.05, 0.1) is 6.10 Å². The Bertz CT molecular complexity index is 444. The number of thioether (sulfide) groups is 2. The summed E-state index contributed by atoms with van der Waals surface area (Å²) < 4.78 is 5.97. The second kappa shape index (κ2) is 7.80. The number of hydrogen-bond acceptors (Lipinski definition) is 4. The molecular formula is C17H25NOS2. The van der Waals surface area contributed by atoms with Gasteiger partial charge < -0.3 is 10.1 Å². The predicted molar refractivity (Wildman–Crippen MR) is 94.7 cm³/mol. The van der Waals surface area contributed by atoms with Crippen molar-refractivity contribution in [3.05, 3.63) is 29.8 Å². The van der Waals surface area contributed by atoms with E-state index in [0.29, 0.717) is 17.4 Å². The van der Waals surface area contributed by atoms with Crippen LogP contribution in [0.4, 0.5) is 0 Å². The van der Waals surface area contributed by atoms with Crippen LogP contribution in [-0.4, -0.2) is 35.2 Å². The molecule has 2 nitrogen and oxygen atoms in total. The average molecular weight is 324 g/mol. The highest BCUT2D eigenvalue weighted by atomic mass is 32.2. The first-order valence-electron chi connectivity index (χ1n) is 8.06. The number of ether oxygens (including phenoxy) is 1. The molecule has 1 saturated heterocycles. The quantitative estimate of drug-likeness (QED) is 0.814. The summed E-state index contributed by atoms with van der Waals surface area (Å²) >= 11 is 4.22. The molecule has 21 heavy (non-hydrogen) atoms. The van der Waals surface area contributed by atoms with E-state index in [1.54, 1.807) is 0 Å². The third-order valence-corrected chi connectivity index (χ3v) is 6.74. The van der Waals surface area contributed by atoms with Crippen LogP contribution < -0.4 is 10.1 Å². The lowest BCUT2D eigenvalue weighted by Crippen LogP contribution is -2.34. The Hall–Kier alpha value is -0.320. The van der Waals surface area contributed by atoms with Crippen LogP contribution >= 0.6 is 23.5 Å². The molecule has 1 aliphatic carbocycles. The molecule has 2 aliphatic rings. The van der Waals surface area contributed by atoms with Crippen LogP contribution in [0.25, 0.3) is 0 Å². The fourth-order valence-corrected chi connectivity index (χ4v) is 5.49. The maximum atomic E-state index is 5.97. The lowest BCUT2D eigenvalue weighted by Gasteiger charge is -2.31. The van der Waals surface area contributed by atoms with Crippen molar-refractivity contribution in [3.8, 4) is 5.75 Å². The van der Waals surface area contributed by atoms with Crippen LogP contribution in [0.3, 0.4) is 0 Å². The van der Waals surface area contributed by atoms with Crippen molar-refractivity contribution in [1.82, 2.24) is 5.32 Å². The van der Waals surface area contributed by atoms with E-state index in [4.69, 9.17) is 4.74 Å². The molecule has 2 unspecified atom stereocenters. The van der Waals surface area contributed by atoms with Crippen LogP contribution in [-0.2, 0) is 0 Å². The molecule has 2 fully saturated rings. The van der Waals surface area contributed by atoms with E-state index in [9.17, 15) is 0 Å². The number of hydrogen-bond donors (Lipinski definition) is 1. The minimum atomic E-state index is 0.450. The monoisotopic (exact) mass is 323 g/mol.